The Hall–Kier alpha value is -0.840. The minimum Gasteiger partial charge on any atom is -0.366 e. The van der Waals surface area contributed by atoms with Crippen molar-refractivity contribution in [3.8, 4) is 0 Å². The van der Waals surface area contributed by atoms with Crippen LogP contribution in [0.2, 0.25) is 5.02 Å². The van der Waals surface area contributed by atoms with Crippen LogP contribution in [0, 0.1) is 0 Å². The van der Waals surface area contributed by atoms with E-state index in [1.54, 1.807) is 0 Å². The summed E-state index contributed by atoms with van der Waals surface area (Å²) in [4.78, 5) is 2.48. The number of piperidine rings is 1. The monoisotopic (exact) mass is 297 g/mol. The van der Waals surface area contributed by atoms with Gasteiger partial charge in [0.2, 0.25) is 0 Å². The first-order valence-corrected chi connectivity index (χ1v) is 7.41. The minimum atomic E-state index is 0.501. The van der Waals surface area contributed by atoms with Gasteiger partial charge < -0.3 is 10.6 Å². The van der Waals surface area contributed by atoms with Crippen LogP contribution >= 0.6 is 23.8 Å². The Bertz CT molecular complexity index is 413. The third-order valence-electron chi connectivity index (χ3n) is 3.47. The Labute approximate surface area is 125 Å². The van der Waals surface area contributed by atoms with Gasteiger partial charge in [0.05, 0.1) is 0 Å². The molecule has 0 saturated carbocycles. The van der Waals surface area contributed by atoms with Crippen molar-refractivity contribution in [3.05, 3.63) is 34.9 Å². The first-order chi connectivity index (χ1) is 9.17. The summed E-state index contributed by atoms with van der Waals surface area (Å²) < 4.78 is 0. The molecule has 104 valence electrons. The maximum atomic E-state index is 5.90. The van der Waals surface area contributed by atoms with Gasteiger partial charge in [-0.2, -0.15) is 0 Å². The SMILES string of the molecule is CNC(=S)NC1CCN(Cc2ccc(Cl)cc2)CC1. The van der Waals surface area contributed by atoms with Gasteiger partial charge in [-0.3, -0.25) is 4.90 Å². The summed E-state index contributed by atoms with van der Waals surface area (Å²) >= 11 is 11.0. The average molecular weight is 298 g/mol. The molecule has 0 amide bonds. The van der Waals surface area contributed by atoms with Crippen LogP contribution in [0.15, 0.2) is 24.3 Å². The van der Waals surface area contributed by atoms with Gasteiger partial charge >= 0.3 is 0 Å². The van der Waals surface area contributed by atoms with Crippen molar-refractivity contribution in [2.24, 2.45) is 0 Å². The molecule has 0 aromatic heterocycles. The highest BCUT2D eigenvalue weighted by atomic mass is 35.5. The zero-order chi connectivity index (χ0) is 13.7. The Kier molecular flexibility index (Phi) is 5.43. The molecule has 1 aliphatic rings. The third-order valence-corrected chi connectivity index (χ3v) is 4.04. The normalized spacial score (nSPS) is 17.2. The topological polar surface area (TPSA) is 27.3 Å². The van der Waals surface area contributed by atoms with Gasteiger partial charge in [0, 0.05) is 37.7 Å². The predicted octanol–water partition coefficient (Wildman–Crippen LogP) is 2.40. The van der Waals surface area contributed by atoms with Crippen LogP contribution in [0.1, 0.15) is 18.4 Å². The van der Waals surface area contributed by atoms with Crippen LogP contribution in [0.5, 0.6) is 0 Å². The molecule has 0 aliphatic carbocycles. The first-order valence-electron chi connectivity index (χ1n) is 6.62. The number of benzene rings is 1. The maximum absolute atomic E-state index is 5.90. The molecule has 1 fully saturated rings. The molecular weight excluding hydrogens is 278 g/mol. The quantitative estimate of drug-likeness (QED) is 0.838. The molecule has 1 aromatic rings. The van der Waals surface area contributed by atoms with E-state index in [2.05, 4.69) is 27.7 Å². The first kappa shape index (κ1) is 14.6. The number of likely N-dealkylation sites (tertiary alicyclic amines) is 1. The average Bonchev–Trinajstić information content (AvgIpc) is 2.43. The minimum absolute atomic E-state index is 0.501. The molecule has 0 spiro atoms. The second kappa shape index (κ2) is 7.08. The number of rotatable bonds is 3. The number of thiocarbonyl (C=S) groups is 1. The van der Waals surface area contributed by atoms with Crippen molar-refractivity contribution in [1.82, 2.24) is 15.5 Å². The highest BCUT2D eigenvalue weighted by Crippen LogP contribution is 2.15. The van der Waals surface area contributed by atoms with Crippen molar-refractivity contribution < 1.29 is 0 Å². The van der Waals surface area contributed by atoms with Crippen LogP contribution < -0.4 is 10.6 Å². The van der Waals surface area contributed by atoms with Crippen molar-refractivity contribution >= 4 is 28.9 Å². The molecule has 1 heterocycles. The zero-order valence-corrected chi connectivity index (χ0v) is 12.7. The molecule has 1 aromatic carbocycles. The molecule has 3 nitrogen and oxygen atoms in total. The van der Waals surface area contributed by atoms with Crippen LogP contribution in [-0.4, -0.2) is 36.2 Å². The zero-order valence-electron chi connectivity index (χ0n) is 11.2. The second-order valence-electron chi connectivity index (χ2n) is 4.90. The lowest BCUT2D eigenvalue weighted by Crippen LogP contribution is -2.46. The highest BCUT2D eigenvalue weighted by molar-refractivity contribution is 7.80. The third kappa shape index (κ3) is 4.64. The van der Waals surface area contributed by atoms with E-state index in [1.807, 2.05) is 19.2 Å². The van der Waals surface area contributed by atoms with E-state index < -0.39 is 0 Å². The summed E-state index contributed by atoms with van der Waals surface area (Å²) in [5, 5.41) is 7.84. The maximum Gasteiger partial charge on any atom is 0.166 e. The lowest BCUT2D eigenvalue weighted by atomic mass is 10.0. The van der Waals surface area contributed by atoms with E-state index in [9.17, 15) is 0 Å². The summed E-state index contributed by atoms with van der Waals surface area (Å²) in [6.07, 6.45) is 2.27. The van der Waals surface area contributed by atoms with Crippen LogP contribution in [0.25, 0.3) is 0 Å². The lowest BCUT2D eigenvalue weighted by Gasteiger charge is -2.32. The Morgan fingerprint density at radius 3 is 2.53 bits per heavy atom. The lowest BCUT2D eigenvalue weighted by molar-refractivity contribution is 0.199. The molecule has 19 heavy (non-hydrogen) atoms. The summed E-state index contributed by atoms with van der Waals surface area (Å²) in [5.74, 6) is 0. The molecule has 0 atom stereocenters. The van der Waals surface area contributed by atoms with Crippen molar-refractivity contribution in [3.63, 3.8) is 0 Å². The standard InChI is InChI=1S/C14H20ClN3S/c1-16-14(19)17-13-6-8-18(9-7-13)10-11-2-4-12(15)5-3-11/h2-5,13H,6-10H2,1H3,(H2,16,17,19). The van der Waals surface area contributed by atoms with Gasteiger partial charge in [0.1, 0.15) is 0 Å². The van der Waals surface area contributed by atoms with Gasteiger partial charge in [0.15, 0.2) is 5.11 Å². The molecule has 1 aliphatic heterocycles. The summed E-state index contributed by atoms with van der Waals surface area (Å²) in [6.45, 7) is 3.21. The van der Waals surface area contributed by atoms with Gasteiger partial charge in [-0.25, -0.2) is 0 Å². The largest absolute Gasteiger partial charge is 0.366 e. The van der Waals surface area contributed by atoms with E-state index in [0.717, 1.165) is 42.6 Å². The van der Waals surface area contributed by atoms with E-state index in [-0.39, 0.29) is 0 Å². The van der Waals surface area contributed by atoms with Crippen LogP contribution in [0.3, 0.4) is 0 Å². The molecule has 0 radical (unpaired) electrons. The molecule has 5 heteroatoms. The molecule has 0 unspecified atom stereocenters. The van der Waals surface area contributed by atoms with E-state index in [0.29, 0.717) is 6.04 Å². The number of halogens is 1. The van der Waals surface area contributed by atoms with Crippen LogP contribution in [0.4, 0.5) is 0 Å². The number of nitrogens with one attached hydrogen (secondary N) is 2. The fourth-order valence-electron chi connectivity index (χ4n) is 2.34. The second-order valence-corrected chi connectivity index (χ2v) is 5.75. The van der Waals surface area contributed by atoms with Gasteiger partial charge in [-0.05, 0) is 42.8 Å². The fraction of sp³-hybridized carbons (Fsp3) is 0.500. The number of hydrogen-bond acceptors (Lipinski definition) is 2. The molecular formula is C14H20ClN3S. The Balaban J connectivity index is 1.77. The molecule has 2 N–H and O–H groups in total. The van der Waals surface area contributed by atoms with Crippen molar-refractivity contribution in [1.29, 1.82) is 0 Å². The number of nitrogens with zero attached hydrogens (tertiary/aromatic N) is 1. The Morgan fingerprint density at radius 2 is 1.95 bits per heavy atom. The van der Waals surface area contributed by atoms with Crippen LogP contribution in [-0.2, 0) is 6.54 Å². The smallest absolute Gasteiger partial charge is 0.166 e. The molecule has 2 rings (SSSR count). The van der Waals surface area contributed by atoms with Crippen molar-refractivity contribution in [2.75, 3.05) is 20.1 Å². The van der Waals surface area contributed by atoms with E-state index in [1.165, 1.54) is 5.56 Å². The number of hydrogen-bond donors (Lipinski definition) is 2. The predicted molar refractivity (Wildman–Crippen MR) is 84.5 cm³/mol. The highest BCUT2D eigenvalue weighted by Gasteiger charge is 2.19. The van der Waals surface area contributed by atoms with Crippen molar-refractivity contribution in [2.45, 2.75) is 25.4 Å². The summed E-state index contributed by atoms with van der Waals surface area (Å²) in [7, 11) is 1.85. The summed E-state index contributed by atoms with van der Waals surface area (Å²) in [5.41, 5.74) is 1.32. The fourth-order valence-corrected chi connectivity index (χ4v) is 2.63. The summed E-state index contributed by atoms with van der Waals surface area (Å²) in [6, 6.07) is 8.61. The van der Waals surface area contributed by atoms with E-state index in [4.69, 9.17) is 23.8 Å². The van der Waals surface area contributed by atoms with E-state index >= 15 is 0 Å². The molecule has 1 saturated heterocycles. The van der Waals surface area contributed by atoms with Gasteiger partial charge in [-0.15, -0.1) is 0 Å². The Morgan fingerprint density at radius 1 is 1.32 bits per heavy atom. The van der Waals surface area contributed by atoms with Gasteiger partial charge in [0.25, 0.3) is 0 Å². The van der Waals surface area contributed by atoms with Gasteiger partial charge in [-0.1, -0.05) is 23.7 Å². The molecule has 0 bridgehead atoms.